The molecule has 0 unspecified atom stereocenters. The van der Waals surface area contributed by atoms with Gasteiger partial charge in [-0.1, -0.05) is 37.1 Å². The highest BCUT2D eigenvalue weighted by Crippen LogP contribution is 2.12. The van der Waals surface area contributed by atoms with Crippen LogP contribution in [0.1, 0.15) is 25.3 Å². The third-order valence-corrected chi connectivity index (χ3v) is 4.29. The van der Waals surface area contributed by atoms with Gasteiger partial charge in [0.2, 0.25) is 0 Å². The number of unbranched alkanes of at least 4 members (excludes halogenated alkanes) is 1. The van der Waals surface area contributed by atoms with Crippen molar-refractivity contribution in [2.75, 3.05) is 19.0 Å². The van der Waals surface area contributed by atoms with E-state index >= 15 is 0 Å². The molecule has 1 aromatic rings. The predicted molar refractivity (Wildman–Crippen MR) is 74.7 cm³/mol. The first-order chi connectivity index (χ1) is 8.53. The Labute approximate surface area is 114 Å². The standard InChI is InChI=1S/C13H19ClO3S/c1-2-3-8-17-9-10-18(15,16)11-12-4-6-13(14)7-5-12/h4-7H,2-3,8-11H2,1H3. The van der Waals surface area contributed by atoms with Gasteiger partial charge < -0.3 is 4.74 Å². The molecule has 0 radical (unpaired) electrons. The summed E-state index contributed by atoms with van der Waals surface area (Å²) in [6.45, 7) is 2.98. The zero-order valence-corrected chi connectivity index (χ0v) is 12.1. The zero-order valence-electron chi connectivity index (χ0n) is 10.6. The molecule has 1 rings (SSSR count). The number of halogens is 1. The smallest absolute Gasteiger partial charge is 0.156 e. The topological polar surface area (TPSA) is 43.4 Å². The first-order valence-corrected chi connectivity index (χ1v) is 8.26. The van der Waals surface area contributed by atoms with Crippen molar-refractivity contribution in [1.82, 2.24) is 0 Å². The van der Waals surface area contributed by atoms with Crippen LogP contribution in [-0.2, 0) is 20.3 Å². The molecule has 0 amide bonds. The van der Waals surface area contributed by atoms with Crippen molar-refractivity contribution in [2.45, 2.75) is 25.5 Å². The summed E-state index contributed by atoms with van der Waals surface area (Å²) in [5.74, 6) is 0.112. The van der Waals surface area contributed by atoms with Crippen molar-refractivity contribution < 1.29 is 13.2 Å². The van der Waals surface area contributed by atoms with Gasteiger partial charge in [0.25, 0.3) is 0 Å². The quantitative estimate of drug-likeness (QED) is 0.691. The number of benzene rings is 1. The molecule has 0 spiro atoms. The Morgan fingerprint density at radius 1 is 1.17 bits per heavy atom. The molecule has 0 aliphatic rings. The monoisotopic (exact) mass is 290 g/mol. The first kappa shape index (κ1) is 15.5. The average molecular weight is 291 g/mol. The molecule has 0 saturated heterocycles. The van der Waals surface area contributed by atoms with E-state index in [1.165, 1.54) is 0 Å². The largest absolute Gasteiger partial charge is 0.380 e. The number of rotatable bonds is 8. The molecule has 0 atom stereocenters. The lowest BCUT2D eigenvalue weighted by Gasteiger charge is -2.06. The third kappa shape index (κ3) is 6.38. The summed E-state index contributed by atoms with van der Waals surface area (Å²) in [5.41, 5.74) is 0.757. The predicted octanol–water partition coefficient (Wildman–Crippen LogP) is 3.07. The van der Waals surface area contributed by atoms with Crippen molar-refractivity contribution >= 4 is 21.4 Å². The number of hydrogen-bond acceptors (Lipinski definition) is 3. The maximum Gasteiger partial charge on any atom is 0.156 e. The Balaban J connectivity index is 2.37. The van der Waals surface area contributed by atoms with Crippen LogP contribution in [-0.4, -0.2) is 27.4 Å². The van der Waals surface area contributed by atoms with Gasteiger partial charge in [0, 0.05) is 11.6 Å². The van der Waals surface area contributed by atoms with Gasteiger partial charge in [0.1, 0.15) is 0 Å². The molecule has 1 aromatic carbocycles. The molecule has 18 heavy (non-hydrogen) atoms. The minimum absolute atomic E-state index is 0.0430. The van der Waals surface area contributed by atoms with E-state index < -0.39 is 9.84 Å². The second-order valence-corrected chi connectivity index (χ2v) is 6.80. The van der Waals surface area contributed by atoms with E-state index in [2.05, 4.69) is 6.92 Å². The fourth-order valence-corrected chi connectivity index (χ4v) is 2.78. The van der Waals surface area contributed by atoms with Crippen molar-refractivity contribution in [3.63, 3.8) is 0 Å². The maximum absolute atomic E-state index is 11.8. The lowest BCUT2D eigenvalue weighted by atomic mass is 10.2. The molecule has 0 saturated carbocycles. The van der Waals surface area contributed by atoms with Crippen LogP contribution in [0.5, 0.6) is 0 Å². The molecule has 0 aromatic heterocycles. The average Bonchev–Trinajstić information content (AvgIpc) is 2.31. The maximum atomic E-state index is 11.8. The van der Waals surface area contributed by atoms with Gasteiger partial charge in [-0.2, -0.15) is 0 Å². The van der Waals surface area contributed by atoms with Crippen LogP contribution < -0.4 is 0 Å². The fraction of sp³-hybridized carbons (Fsp3) is 0.538. The lowest BCUT2D eigenvalue weighted by molar-refractivity contribution is 0.146. The first-order valence-electron chi connectivity index (χ1n) is 6.06. The Kier molecular flexibility index (Phi) is 6.68. The van der Waals surface area contributed by atoms with Crippen LogP contribution in [0.4, 0.5) is 0 Å². The third-order valence-electron chi connectivity index (χ3n) is 2.48. The van der Waals surface area contributed by atoms with E-state index in [9.17, 15) is 8.42 Å². The van der Waals surface area contributed by atoms with E-state index in [4.69, 9.17) is 16.3 Å². The molecule has 0 aliphatic carbocycles. The Morgan fingerprint density at radius 3 is 2.44 bits per heavy atom. The number of ether oxygens (including phenoxy) is 1. The van der Waals surface area contributed by atoms with Crippen LogP contribution in [0, 0.1) is 0 Å². The van der Waals surface area contributed by atoms with Gasteiger partial charge in [-0.05, 0) is 24.1 Å². The molecule has 5 heteroatoms. The van der Waals surface area contributed by atoms with E-state index in [-0.39, 0.29) is 18.1 Å². The van der Waals surface area contributed by atoms with Crippen LogP contribution in [0.15, 0.2) is 24.3 Å². The minimum Gasteiger partial charge on any atom is -0.380 e. The van der Waals surface area contributed by atoms with Gasteiger partial charge in [0.05, 0.1) is 18.1 Å². The highest BCUT2D eigenvalue weighted by atomic mass is 35.5. The van der Waals surface area contributed by atoms with E-state index in [0.717, 1.165) is 18.4 Å². The highest BCUT2D eigenvalue weighted by molar-refractivity contribution is 7.90. The molecule has 0 heterocycles. The van der Waals surface area contributed by atoms with Crippen LogP contribution in [0.25, 0.3) is 0 Å². The molecular weight excluding hydrogens is 272 g/mol. The summed E-state index contributed by atoms with van der Waals surface area (Å²) >= 11 is 5.75. The Hall–Kier alpha value is -0.580. The van der Waals surface area contributed by atoms with Crippen molar-refractivity contribution in [2.24, 2.45) is 0 Å². The normalized spacial score (nSPS) is 11.7. The second-order valence-electron chi connectivity index (χ2n) is 4.18. The zero-order chi connectivity index (χ0) is 13.4. The summed E-state index contributed by atoms with van der Waals surface area (Å²) in [6, 6.07) is 6.87. The molecular formula is C13H19ClO3S. The van der Waals surface area contributed by atoms with Crippen molar-refractivity contribution in [3.05, 3.63) is 34.9 Å². The van der Waals surface area contributed by atoms with Crippen LogP contribution in [0.3, 0.4) is 0 Å². The summed E-state index contributed by atoms with van der Waals surface area (Å²) in [4.78, 5) is 0. The molecule has 0 fully saturated rings. The van der Waals surface area contributed by atoms with E-state index in [0.29, 0.717) is 11.6 Å². The van der Waals surface area contributed by atoms with Crippen molar-refractivity contribution in [3.8, 4) is 0 Å². The lowest BCUT2D eigenvalue weighted by Crippen LogP contribution is -2.14. The van der Waals surface area contributed by atoms with Gasteiger partial charge >= 0.3 is 0 Å². The van der Waals surface area contributed by atoms with Crippen LogP contribution in [0.2, 0.25) is 5.02 Å². The van der Waals surface area contributed by atoms with Gasteiger partial charge in [-0.25, -0.2) is 8.42 Å². The van der Waals surface area contributed by atoms with E-state index in [1.807, 2.05) is 0 Å². The fourth-order valence-electron chi connectivity index (χ4n) is 1.44. The summed E-state index contributed by atoms with van der Waals surface area (Å²) in [6.07, 6.45) is 2.02. The second kappa shape index (κ2) is 7.77. The molecule has 0 bridgehead atoms. The van der Waals surface area contributed by atoms with Crippen LogP contribution >= 0.6 is 11.6 Å². The SMILES string of the molecule is CCCCOCCS(=O)(=O)Cc1ccc(Cl)cc1. The van der Waals surface area contributed by atoms with Gasteiger partial charge in [0.15, 0.2) is 9.84 Å². The summed E-state index contributed by atoms with van der Waals surface area (Å²) < 4.78 is 28.9. The molecule has 102 valence electrons. The van der Waals surface area contributed by atoms with E-state index in [1.54, 1.807) is 24.3 Å². The molecule has 3 nitrogen and oxygen atoms in total. The van der Waals surface area contributed by atoms with Gasteiger partial charge in [-0.3, -0.25) is 0 Å². The van der Waals surface area contributed by atoms with Gasteiger partial charge in [-0.15, -0.1) is 0 Å². The Morgan fingerprint density at radius 2 is 1.83 bits per heavy atom. The summed E-state index contributed by atoms with van der Waals surface area (Å²) in [7, 11) is -3.10. The number of hydrogen-bond donors (Lipinski definition) is 0. The highest BCUT2D eigenvalue weighted by Gasteiger charge is 2.11. The van der Waals surface area contributed by atoms with Crippen molar-refractivity contribution in [1.29, 1.82) is 0 Å². The molecule has 0 N–H and O–H groups in total. The summed E-state index contributed by atoms with van der Waals surface area (Å²) in [5, 5.41) is 0.610. The minimum atomic E-state index is -3.10. The Bertz CT molecular complexity index is 440. The number of sulfone groups is 1. The molecule has 0 aliphatic heterocycles.